The highest BCUT2D eigenvalue weighted by molar-refractivity contribution is 7.90. The molecule has 2 aromatic heterocycles. The molecule has 5 N–H and O–H groups in total. The highest BCUT2D eigenvalue weighted by Gasteiger charge is 2.21. The molecule has 0 spiro atoms. The zero-order chi connectivity index (χ0) is 53.3. The summed E-state index contributed by atoms with van der Waals surface area (Å²) in [4.78, 5) is 67.4. The van der Waals surface area contributed by atoms with Crippen molar-refractivity contribution in [3.63, 3.8) is 0 Å². The van der Waals surface area contributed by atoms with E-state index in [1.54, 1.807) is 41.2 Å². The van der Waals surface area contributed by atoms with Crippen LogP contribution in [0.3, 0.4) is 0 Å². The SMILES string of the molecule is CS(=O)(=O)c1ncc(C#CCCCC(=O)NCc2cn(CCOCCOCCOCCOCCOCCOCCOCCOCCOCC(=O)NCC(=O)NCC(=O)N[C@@H](Cc3ccccc3)C(=O)O)nn2)cn1. The summed E-state index contributed by atoms with van der Waals surface area (Å²) < 4.78 is 73.7. The van der Waals surface area contributed by atoms with Crippen molar-refractivity contribution in [3.8, 4) is 11.8 Å². The number of amides is 4. The molecule has 0 unspecified atom stereocenters. The molecule has 4 amide bonds. The van der Waals surface area contributed by atoms with Gasteiger partial charge in [0.05, 0.1) is 150 Å². The Labute approximate surface area is 430 Å². The summed E-state index contributed by atoms with van der Waals surface area (Å²) in [6.07, 6.45) is 6.88. The minimum atomic E-state index is -3.47. The van der Waals surface area contributed by atoms with Crippen LogP contribution in [0.15, 0.2) is 54.1 Å². The highest BCUT2D eigenvalue weighted by Crippen LogP contribution is 2.04. The predicted octanol–water partition coefficient (Wildman–Crippen LogP) is -1.50. The van der Waals surface area contributed by atoms with Gasteiger partial charge >= 0.3 is 5.97 Å². The van der Waals surface area contributed by atoms with Crippen LogP contribution in [0.2, 0.25) is 0 Å². The lowest BCUT2D eigenvalue weighted by molar-refractivity contribution is -0.141. The van der Waals surface area contributed by atoms with E-state index in [9.17, 15) is 37.5 Å². The Kier molecular flexibility index (Phi) is 33.1. The Morgan fingerprint density at radius 1 is 0.649 bits per heavy atom. The molecule has 0 bridgehead atoms. The number of aliphatic carboxylic acids is 1. The average Bonchev–Trinajstić information content (AvgIpc) is 3.85. The van der Waals surface area contributed by atoms with Crippen LogP contribution in [-0.4, -0.2) is 212 Å². The third-order valence-corrected chi connectivity index (χ3v) is 10.3. The summed E-state index contributed by atoms with van der Waals surface area (Å²) in [5, 5.41) is 27.2. The number of hydrogen-bond acceptors (Lipinski definition) is 20. The molecule has 74 heavy (non-hydrogen) atoms. The summed E-state index contributed by atoms with van der Waals surface area (Å²) in [5.74, 6) is 2.60. The Balaban J connectivity index is 0.973. The first-order chi connectivity index (χ1) is 35.9. The molecule has 3 aromatic rings. The maximum absolute atomic E-state index is 12.2. The summed E-state index contributed by atoms with van der Waals surface area (Å²) in [5.41, 5.74) is 1.85. The number of nitrogens with one attached hydrogen (secondary N) is 4. The minimum absolute atomic E-state index is 0.0875. The molecule has 3 rings (SSSR count). The van der Waals surface area contributed by atoms with Crippen molar-refractivity contribution >= 4 is 39.4 Å². The Bertz CT molecular complexity index is 2230. The van der Waals surface area contributed by atoms with Crippen molar-refractivity contribution in [2.24, 2.45) is 0 Å². The zero-order valence-corrected chi connectivity index (χ0v) is 42.5. The fraction of sp³-hybridized carbons (Fsp3) is 0.596. The third kappa shape index (κ3) is 32.2. The maximum Gasteiger partial charge on any atom is 0.326 e. The number of rotatable bonds is 43. The van der Waals surface area contributed by atoms with E-state index in [4.69, 9.17) is 42.6 Å². The van der Waals surface area contributed by atoms with E-state index in [2.05, 4.69) is 53.4 Å². The molecule has 2 heterocycles. The van der Waals surface area contributed by atoms with E-state index in [1.165, 1.54) is 12.4 Å². The number of ether oxygens (including phenoxy) is 9. The van der Waals surface area contributed by atoms with Gasteiger partial charge in [-0.05, 0) is 12.0 Å². The van der Waals surface area contributed by atoms with Gasteiger partial charge in [0.15, 0.2) is 0 Å². The summed E-state index contributed by atoms with van der Waals surface area (Å²) in [6.45, 7) is 6.06. The lowest BCUT2D eigenvalue weighted by atomic mass is 10.1. The van der Waals surface area contributed by atoms with E-state index in [0.29, 0.717) is 130 Å². The number of unbranched alkanes of at least 4 members (excludes halogenated alkanes) is 1. The first-order valence-corrected chi connectivity index (χ1v) is 25.7. The van der Waals surface area contributed by atoms with Gasteiger partial charge in [-0.25, -0.2) is 27.9 Å². The van der Waals surface area contributed by atoms with Gasteiger partial charge in [-0.2, -0.15) is 0 Å². The number of nitrogens with zero attached hydrogens (tertiary/aromatic N) is 5. The molecule has 27 heteroatoms. The van der Waals surface area contributed by atoms with Crippen molar-refractivity contribution in [1.29, 1.82) is 0 Å². The van der Waals surface area contributed by atoms with Crippen molar-refractivity contribution in [3.05, 3.63) is 65.7 Å². The van der Waals surface area contributed by atoms with E-state index in [-0.39, 0.29) is 56.8 Å². The standard InChI is InChI=1S/C47H69N9O17S/c1-74(63,64)47-51-31-39(32-52-47)10-6-3-7-11-42(57)48-33-40-36-56(55-54-40)12-13-65-14-15-66-16-17-67-18-19-68-20-21-69-22-23-70-24-25-71-26-27-72-28-29-73-37-45(60)50-34-43(58)49-35-44(59)53-41(46(61)62)30-38-8-4-2-5-9-38/h2,4-5,8-9,31-32,36,41H,3,7,11-30,33-35,37H2,1H3,(H,48,57)(H,49,58)(H,50,60)(H,53,59)(H,61,62)/t41-/m0/s1. The van der Waals surface area contributed by atoms with Gasteiger partial charge in [0.2, 0.25) is 38.6 Å². The van der Waals surface area contributed by atoms with Gasteiger partial charge in [0.1, 0.15) is 18.3 Å². The Morgan fingerprint density at radius 3 is 1.68 bits per heavy atom. The predicted molar refractivity (Wildman–Crippen MR) is 261 cm³/mol. The van der Waals surface area contributed by atoms with Crippen molar-refractivity contribution < 1.29 is 80.1 Å². The number of carbonyl (C=O) groups is 5. The van der Waals surface area contributed by atoms with Gasteiger partial charge in [-0.15, -0.1) is 5.10 Å². The smallest absolute Gasteiger partial charge is 0.326 e. The van der Waals surface area contributed by atoms with Crippen LogP contribution in [0.1, 0.15) is 36.1 Å². The second kappa shape index (κ2) is 39.4. The summed E-state index contributed by atoms with van der Waals surface area (Å²) >= 11 is 0. The first kappa shape index (κ1) is 62.2. The van der Waals surface area contributed by atoms with Crippen LogP contribution in [0.25, 0.3) is 0 Å². The van der Waals surface area contributed by atoms with Gasteiger partial charge in [0, 0.05) is 37.9 Å². The van der Waals surface area contributed by atoms with E-state index in [1.807, 2.05) is 0 Å². The monoisotopic (exact) mass is 1060 g/mol. The van der Waals surface area contributed by atoms with Gasteiger partial charge < -0.3 is 69.0 Å². The molecule has 26 nitrogen and oxygen atoms in total. The largest absolute Gasteiger partial charge is 0.480 e. The highest BCUT2D eigenvalue weighted by atomic mass is 32.2. The van der Waals surface area contributed by atoms with E-state index in [0.717, 1.165) is 11.8 Å². The number of carboxylic acids is 1. The molecular formula is C47H69N9O17S. The molecule has 410 valence electrons. The number of benzene rings is 1. The second-order valence-electron chi connectivity index (χ2n) is 15.6. The van der Waals surface area contributed by atoms with Crippen molar-refractivity contribution in [2.45, 2.75) is 50.0 Å². The first-order valence-electron chi connectivity index (χ1n) is 23.8. The van der Waals surface area contributed by atoms with Gasteiger partial charge in [-0.3, -0.25) is 19.2 Å². The third-order valence-electron chi connectivity index (χ3n) is 9.43. The topological polar surface area (TPSA) is 327 Å². The molecule has 1 aromatic carbocycles. The summed E-state index contributed by atoms with van der Waals surface area (Å²) in [7, 11) is -3.47. The van der Waals surface area contributed by atoms with Crippen molar-refractivity contribution in [2.75, 3.05) is 138 Å². The van der Waals surface area contributed by atoms with E-state index >= 15 is 0 Å². The number of sulfone groups is 1. The lowest BCUT2D eigenvalue weighted by Gasteiger charge is -2.15. The second-order valence-corrected chi connectivity index (χ2v) is 17.5. The van der Waals surface area contributed by atoms with Crippen LogP contribution in [0, 0.1) is 11.8 Å². The molecule has 0 fully saturated rings. The molecular weight excluding hydrogens is 995 g/mol. The number of aromatic nitrogens is 5. The number of carboxylic acid groups (broad SMARTS) is 1. The molecule has 0 aliphatic carbocycles. The quantitative estimate of drug-likeness (QED) is 0.0245. The number of carbonyl (C=O) groups excluding carboxylic acids is 4. The van der Waals surface area contributed by atoms with Gasteiger partial charge in [-0.1, -0.05) is 47.4 Å². The normalized spacial score (nSPS) is 11.6. The average molecular weight is 1060 g/mol. The fourth-order valence-electron chi connectivity index (χ4n) is 5.73. The molecule has 0 aliphatic rings. The lowest BCUT2D eigenvalue weighted by Crippen LogP contribution is -2.48. The molecule has 0 saturated heterocycles. The van der Waals surface area contributed by atoms with Gasteiger partial charge in [0.25, 0.3) is 0 Å². The maximum atomic E-state index is 12.2. The van der Waals surface area contributed by atoms with Crippen LogP contribution >= 0.6 is 0 Å². The minimum Gasteiger partial charge on any atom is -0.480 e. The summed E-state index contributed by atoms with van der Waals surface area (Å²) in [6, 6.07) is 7.66. The Hall–Kier alpha value is -6.06. The van der Waals surface area contributed by atoms with Crippen LogP contribution in [-0.2, 0) is 96.0 Å². The Morgan fingerprint density at radius 2 is 1.15 bits per heavy atom. The molecule has 0 saturated carbocycles. The number of hydrogen-bond donors (Lipinski definition) is 5. The van der Waals surface area contributed by atoms with Crippen LogP contribution in [0.5, 0.6) is 0 Å². The molecule has 1 atom stereocenters. The zero-order valence-electron chi connectivity index (χ0n) is 41.7. The fourth-order valence-corrected chi connectivity index (χ4v) is 6.22. The van der Waals surface area contributed by atoms with Crippen LogP contribution in [0.4, 0.5) is 0 Å². The van der Waals surface area contributed by atoms with Crippen LogP contribution < -0.4 is 21.3 Å². The molecule has 0 radical (unpaired) electrons. The molecule has 0 aliphatic heterocycles. The van der Waals surface area contributed by atoms with Crippen molar-refractivity contribution in [1.82, 2.24) is 46.2 Å². The van der Waals surface area contributed by atoms with E-state index < -0.39 is 46.1 Å².